The summed E-state index contributed by atoms with van der Waals surface area (Å²) in [6, 6.07) is 2.89. The van der Waals surface area contributed by atoms with Gasteiger partial charge < -0.3 is 19.4 Å². The van der Waals surface area contributed by atoms with Gasteiger partial charge >= 0.3 is 12.6 Å². The first kappa shape index (κ1) is 25.2. The number of ether oxygens (including phenoxy) is 1. The first-order valence-electron chi connectivity index (χ1n) is 10.8. The third-order valence-electron chi connectivity index (χ3n) is 5.78. The largest absolute Gasteiger partial charge is 0.484 e. The molecule has 1 aromatic carbocycles. The van der Waals surface area contributed by atoms with Crippen LogP contribution in [0.4, 0.5) is 17.6 Å². The lowest BCUT2D eigenvalue weighted by Gasteiger charge is -2.37. The van der Waals surface area contributed by atoms with Crippen LogP contribution < -0.4 is 10.1 Å². The van der Waals surface area contributed by atoms with Crippen LogP contribution in [0.3, 0.4) is 0 Å². The van der Waals surface area contributed by atoms with Crippen molar-refractivity contribution in [2.24, 2.45) is 0 Å². The molecule has 1 N–H and O–H groups in total. The predicted molar refractivity (Wildman–Crippen MR) is 113 cm³/mol. The minimum atomic E-state index is -4.26. The molecule has 0 unspecified atom stereocenters. The molecule has 4 rings (SSSR count). The maximum atomic E-state index is 13.5. The van der Waals surface area contributed by atoms with Crippen LogP contribution in [0.2, 0.25) is 5.02 Å². The van der Waals surface area contributed by atoms with Gasteiger partial charge in [-0.05, 0) is 25.0 Å². The first-order chi connectivity index (χ1) is 16.6. The number of benzene rings is 1. The molecule has 2 atom stereocenters. The summed E-state index contributed by atoms with van der Waals surface area (Å²) in [5.41, 5.74) is 0. The van der Waals surface area contributed by atoms with Crippen LogP contribution in [0.1, 0.15) is 36.6 Å². The van der Waals surface area contributed by atoms with E-state index in [0.29, 0.717) is 12.8 Å². The third kappa shape index (κ3) is 6.40. The summed E-state index contributed by atoms with van der Waals surface area (Å²) in [5, 5.41) is 10.6. The fourth-order valence-corrected chi connectivity index (χ4v) is 4.20. The van der Waals surface area contributed by atoms with Gasteiger partial charge in [-0.2, -0.15) is 13.2 Å². The third-order valence-corrected chi connectivity index (χ3v) is 6.08. The molecule has 0 spiro atoms. The van der Waals surface area contributed by atoms with Crippen molar-refractivity contribution in [3.63, 3.8) is 0 Å². The zero-order chi connectivity index (χ0) is 25.2. The Morgan fingerprint density at radius 3 is 2.66 bits per heavy atom. The van der Waals surface area contributed by atoms with E-state index in [9.17, 15) is 27.2 Å². The maximum Gasteiger partial charge on any atom is 0.401 e. The van der Waals surface area contributed by atoms with Crippen molar-refractivity contribution in [3.8, 4) is 5.75 Å². The molecular formula is C21H21ClF4N5O4. The summed E-state index contributed by atoms with van der Waals surface area (Å²) in [7, 11) is 0. The number of carbonyl (C=O) groups excluding carboxylic acids is 2. The van der Waals surface area contributed by atoms with E-state index >= 15 is 0 Å². The molecule has 14 heteroatoms. The molecule has 2 aliphatic heterocycles. The summed E-state index contributed by atoms with van der Waals surface area (Å²) in [6.45, 7) is -0.889. The van der Waals surface area contributed by atoms with Crippen LogP contribution in [0.15, 0.2) is 22.6 Å². The van der Waals surface area contributed by atoms with Gasteiger partial charge in [0.1, 0.15) is 17.6 Å². The van der Waals surface area contributed by atoms with Gasteiger partial charge in [0.2, 0.25) is 11.8 Å². The second kappa shape index (κ2) is 10.4. The molecular weight excluding hydrogens is 498 g/mol. The van der Waals surface area contributed by atoms with Crippen molar-refractivity contribution >= 4 is 23.9 Å². The number of nitrogens with zero attached hydrogens (tertiary/aromatic N) is 4. The Labute approximate surface area is 202 Å². The Balaban J connectivity index is 1.26. The predicted octanol–water partition coefficient (Wildman–Crippen LogP) is 2.59. The number of aromatic nitrogens is 2. The summed E-state index contributed by atoms with van der Waals surface area (Å²) < 4.78 is 61.8. The van der Waals surface area contributed by atoms with Gasteiger partial charge in [0, 0.05) is 31.7 Å². The van der Waals surface area contributed by atoms with E-state index in [-0.39, 0.29) is 60.8 Å². The van der Waals surface area contributed by atoms with Crippen LogP contribution >= 0.6 is 11.6 Å². The van der Waals surface area contributed by atoms with Gasteiger partial charge in [-0.15, -0.1) is 10.2 Å². The van der Waals surface area contributed by atoms with Gasteiger partial charge in [0.25, 0.3) is 5.91 Å². The van der Waals surface area contributed by atoms with Crippen molar-refractivity contribution in [1.82, 2.24) is 25.3 Å². The number of nitrogens with one attached hydrogen (secondary N) is 1. The van der Waals surface area contributed by atoms with E-state index in [1.54, 1.807) is 0 Å². The normalized spacial score (nSPS) is 21.5. The Kier molecular flexibility index (Phi) is 7.45. The van der Waals surface area contributed by atoms with Crippen LogP contribution in [0, 0.1) is 5.82 Å². The topological polar surface area (TPSA) is 101 Å². The minimum absolute atomic E-state index is 0.0618. The molecule has 0 aliphatic carbocycles. The second-order valence-electron chi connectivity index (χ2n) is 8.45. The van der Waals surface area contributed by atoms with E-state index in [1.807, 2.05) is 6.41 Å². The molecule has 1 radical (unpaired) electrons. The van der Waals surface area contributed by atoms with E-state index in [1.165, 1.54) is 21.9 Å². The van der Waals surface area contributed by atoms with E-state index in [4.69, 9.17) is 20.8 Å². The number of rotatable bonds is 8. The molecule has 1 aromatic heterocycles. The quantitative estimate of drug-likeness (QED) is 0.536. The molecule has 2 amide bonds. The lowest BCUT2D eigenvalue weighted by molar-refractivity contribution is -0.155. The summed E-state index contributed by atoms with van der Waals surface area (Å²) in [6.07, 6.45) is -1.57. The lowest BCUT2D eigenvalue weighted by atomic mass is 9.98. The number of hydrogen-bond acceptors (Lipinski definition) is 7. The van der Waals surface area contributed by atoms with Crippen molar-refractivity contribution < 1.29 is 36.3 Å². The van der Waals surface area contributed by atoms with Crippen LogP contribution in [-0.4, -0.2) is 77.3 Å². The summed E-state index contributed by atoms with van der Waals surface area (Å²) in [5.74, 6) is -0.861. The van der Waals surface area contributed by atoms with E-state index < -0.39 is 30.5 Å². The van der Waals surface area contributed by atoms with E-state index in [0.717, 1.165) is 6.07 Å². The average Bonchev–Trinajstić information content (AvgIpc) is 3.25. The van der Waals surface area contributed by atoms with Gasteiger partial charge in [-0.25, -0.2) is 4.39 Å². The van der Waals surface area contributed by atoms with Crippen LogP contribution in [0.5, 0.6) is 5.75 Å². The number of piperidine rings is 1. The molecule has 2 aliphatic rings. The molecule has 0 saturated carbocycles. The highest BCUT2D eigenvalue weighted by Gasteiger charge is 2.40. The number of carbonyl (C=O) groups is 1. The fraction of sp³-hybridized carbons (Fsp3) is 0.524. The van der Waals surface area contributed by atoms with Crippen molar-refractivity contribution in [2.45, 2.75) is 37.0 Å². The molecule has 35 heavy (non-hydrogen) atoms. The zero-order valence-corrected chi connectivity index (χ0v) is 19.0. The number of amides is 2. The number of alkyl halides is 3. The van der Waals surface area contributed by atoms with Crippen LogP contribution in [0.25, 0.3) is 0 Å². The Bertz CT molecular complexity index is 1060. The monoisotopic (exact) mass is 518 g/mol. The molecule has 2 saturated heterocycles. The molecule has 2 fully saturated rings. The Morgan fingerprint density at radius 1 is 1.23 bits per heavy atom. The smallest absolute Gasteiger partial charge is 0.401 e. The highest BCUT2D eigenvalue weighted by Crippen LogP contribution is 2.33. The highest BCUT2D eigenvalue weighted by atomic mass is 35.5. The number of likely N-dealkylation sites (tertiary alicyclic amines) is 2. The Hall–Kier alpha value is -2.93. The van der Waals surface area contributed by atoms with Gasteiger partial charge in [-0.1, -0.05) is 11.6 Å². The Morgan fingerprint density at radius 2 is 1.97 bits per heavy atom. The van der Waals surface area contributed by atoms with Gasteiger partial charge in [-0.3, -0.25) is 14.5 Å². The fourth-order valence-electron chi connectivity index (χ4n) is 4.09. The molecule has 189 valence electrons. The number of halogens is 5. The molecule has 2 aromatic rings. The van der Waals surface area contributed by atoms with Crippen molar-refractivity contribution in [1.29, 1.82) is 0 Å². The molecule has 9 nitrogen and oxygen atoms in total. The van der Waals surface area contributed by atoms with Crippen molar-refractivity contribution in [2.75, 3.05) is 32.8 Å². The summed E-state index contributed by atoms with van der Waals surface area (Å²) >= 11 is 5.61. The van der Waals surface area contributed by atoms with Crippen LogP contribution in [-0.2, 0) is 9.59 Å². The zero-order valence-electron chi connectivity index (χ0n) is 18.2. The van der Waals surface area contributed by atoms with E-state index in [2.05, 4.69) is 15.5 Å². The highest BCUT2D eigenvalue weighted by molar-refractivity contribution is 6.30. The second-order valence-corrected chi connectivity index (χ2v) is 8.86. The molecule has 3 heterocycles. The SMILES string of the molecule is O=[C]N1C[C@@H](NC(=O)COc2ccc(Cl)c(F)c2)CC[C@@H]1c1nnc(C2CN(CC(F)(F)F)C2)o1. The standard InChI is InChI=1S/C21H21ClF4N5O4/c22-15-3-2-14(5-16(15)23)34-9-18(33)27-13-1-4-17(31(8-13)11-32)20-29-28-19(35-20)12-6-30(7-12)10-21(24,25)26/h2-3,5,12-13,17H,1,4,6-10H2,(H,27,33)/t13-,17+/m0/s1. The lowest BCUT2D eigenvalue weighted by Crippen LogP contribution is -2.49. The summed E-state index contributed by atoms with van der Waals surface area (Å²) in [4.78, 5) is 26.3. The van der Waals surface area contributed by atoms with Gasteiger partial charge in [0.05, 0.1) is 17.5 Å². The number of hydrogen-bond donors (Lipinski definition) is 1. The van der Waals surface area contributed by atoms with Gasteiger partial charge in [0.15, 0.2) is 6.61 Å². The van der Waals surface area contributed by atoms with Crippen molar-refractivity contribution in [3.05, 3.63) is 40.8 Å². The minimum Gasteiger partial charge on any atom is -0.484 e. The maximum absolute atomic E-state index is 13.5. The first-order valence-corrected chi connectivity index (χ1v) is 11.1. The average molecular weight is 519 g/mol. The molecule has 0 bridgehead atoms.